The zero-order valence-electron chi connectivity index (χ0n) is 12.2. The van der Waals surface area contributed by atoms with Gasteiger partial charge in [-0.2, -0.15) is 0 Å². The van der Waals surface area contributed by atoms with Crippen LogP contribution >= 0.6 is 11.6 Å². The second-order valence-corrected chi connectivity index (χ2v) is 6.38. The predicted octanol–water partition coefficient (Wildman–Crippen LogP) is 4.84. The van der Waals surface area contributed by atoms with E-state index in [2.05, 4.69) is 36.6 Å². The lowest BCUT2D eigenvalue weighted by Crippen LogP contribution is -2.07. The molecule has 0 fully saturated rings. The molecule has 0 spiro atoms. The van der Waals surface area contributed by atoms with Crippen LogP contribution in [0.4, 0.5) is 0 Å². The van der Waals surface area contributed by atoms with Crippen LogP contribution in [0.15, 0.2) is 36.4 Å². The predicted molar refractivity (Wildman–Crippen MR) is 87.1 cm³/mol. The van der Waals surface area contributed by atoms with Gasteiger partial charge in [0, 0.05) is 11.4 Å². The third-order valence-corrected chi connectivity index (χ3v) is 4.71. The van der Waals surface area contributed by atoms with Gasteiger partial charge >= 0.3 is 0 Å². The lowest BCUT2D eigenvalue weighted by molar-refractivity contribution is 0.633. The van der Waals surface area contributed by atoms with Crippen molar-refractivity contribution in [2.75, 3.05) is 0 Å². The number of aromatic nitrogens is 2. The average molecular weight is 297 g/mol. The van der Waals surface area contributed by atoms with Gasteiger partial charge in [0.05, 0.1) is 17.1 Å². The zero-order chi connectivity index (χ0) is 14.6. The van der Waals surface area contributed by atoms with Crippen molar-refractivity contribution < 1.29 is 0 Å². The minimum absolute atomic E-state index is 0.378. The van der Waals surface area contributed by atoms with Crippen LogP contribution in [0.3, 0.4) is 0 Å². The Balaban J connectivity index is 1.94. The van der Waals surface area contributed by atoms with Gasteiger partial charge in [0.1, 0.15) is 5.82 Å². The summed E-state index contributed by atoms with van der Waals surface area (Å²) in [5.74, 6) is 1.18. The maximum atomic E-state index is 6.19. The van der Waals surface area contributed by atoms with Crippen LogP contribution in [0.2, 0.25) is 5.02 Å². The average Bonchev–Trinajstić information content (AvgIpc) is 3.01. The van der Waals surface area contributed by atoms with Crippen molar-refractivity contribution in [1.29, 1.82) is 0 Å². The number of hydrogen-bond acceptors (Lipinski definition) is 1. The molecule has 1 unspecified atom stereocenters. The van der Waals surface area contributed by atoms with Gasteiger partial charge in [0.15, 0.2) is 0 Å². The molecule has 0 aliphatic carbocycles. The highest BCUT2D eigenvalue weighted by atomic mass is 35.5. The lowest BCUT2D eigenvalue weighted by atomic mass is 9.97. The number of rotatable bonds is 1. The molecule has 3 heteroatoms. The Morgan fingerprint density at radius 1 is 1.14 bits per heavy atom. The molecule has 21 heavy (non-hydrogen) atoms. The summed E-state index contributed by atoms with van der Waals surface area (Å²) in [4.78, 5) is 4.77. The number of hydrogen-bond donors (Lipinski definition) is 0. The van der Waals surface area contributed by atoms with Crippen molar-refractivity contribution in [3.05, 3.63) is 63.9 Å². The Labute approximate surface area is 129 Å². The van der Waals surface area contributed by atoms with Gasteiger partial charge in [-0.3, -0.25) is 0 Å². The number of halogens is 1. The SMILES string of the molecule is Cc1ccc(C)c(C2CCc3nc4ccc(Cl)cc4n32)c1. The number of aryl methyl sites for hydroxylation is 3. The highest BCUT2D eigenvalue weighted by Crippen LogP contribution is 2.37. The van der Waals surface area contributed by atoms with Crippen LogP contribution in [0.25, 0.3) is 11.0 Å². The van der Waals surface area contributed by atoms with Crippen LogP contribution in [0.5, 0.6) is 0 Å². The Kier molecular flexibility index (Phi) is 2.83. The van der Waals surface area contributed by atoms with E-state index in [4.69, 9.17) is 16.6 Å². The molecular weight excluding hydrogens is 280 g/mol. The van der Waals surface area contributed by atoms with E-state index in [1.165, 1.54) is 22.5 Å². The first kappa shape index (κ1) is 12.9. The number of fused-ring (bicyclic) bond motifs is 3. The summed E-state index contributed by atoms with van der Waals surface area (Å²) < 4.78 is 2.38. The van der Waals surface area contributed by atoms with Crippen molar-refractivity contribution in [2.45, 2.75) is 32.7 Å². The van der Waals surface area contributed by atoms with E-state index in [1.807, 2.05) is 18.2 Å². The van der Waals surface area contributed by atoms with Crippen molar-refractivity contribution >= 4 is 22.6 Å². The summed E-state index contributed by atoms with van der Waals surface area (Å²) in [6.45, 7) is 4.35. The van der Waals surface area contributed by atoms with Gasteiger partial charge < -0.3 is 4.57 Å². The summed E-state index contributed by atoms with van der Waals surface area (Å²) in [5, 5.41) is 0.775. The normalized spacial score (nSPS) is 17.4. The first-order valence-corrected chi connectivity index (χ1v) is 7.75. The summed E-state index contributed by atoms with van der Waals surface area (Å²) in [7, 11) is 0. The third-order valence-electron chi connectivity index (χ3n) is 4.47. The van der Waals surface area contributed by atoms with Crippen LogP contribution < -0.4 is 0 Å². The van der Waals surface area contributed by atoms with Crippen LogP contribution in [0, 0.1) is 13.8 Å². The Morgan fingerprint density at radius 3 is 2.86 bits per heavy atom. The molecule has 0 saturated heterocycles. The number of nitrogens with zero attached hydrogens (tertiary/aromatic N) is 2. The van der Waals surface area contributed by atoms with Crippen LogP contribution in [-0.4, -0.2) is 9.55 Å². The van der Waals surface area contributed by atoms with E-state index in [9.17, 15) is 0 Å². The first-order chi connectivity index (χ1) is 10.1. The molecule has 4 rings (SSSR count). The van der Waals surface area contributed by atoms with Crippen molar-refractivity contribution in [2.24, 2.45) is 0 Å². The van der Waals surface area contributed by atoms with Gasteiger partial charge in [-0.15, -0.1) is 0 Å². The van der Waals surface area contributed by atoms with Gasteiger partial charge in [0.2, 0.25) is 0 Å². The fraction of sp³-hybridized carbons (Fsp3) is 0.278. The smallest absolute Gasteiger partial charge is 0.110 e. The molecule has 2 heterocycles. The molecule has 0 amide bonds. The number of imidazole rings is 1. The van der Waals surface area contributed by atoms with E-state index >= 15 is 0 Å². The molecular formula is C18H17ClN2. The Morgan fingerprint density at radius 2 is 2.00 bits per heavy atom. The maximum absolute atomic E-state index is 6.19. The van der Waals surface area contributed by atoms with E-state index in [0.717, 1.165) is 28.9 Å². The number of benzene rings is 2. The summed E-state index contributed by atoms with van der Waals surface area (Å²) in [6, 6.07) is 13.1. The molecule has 2 nitrogen and oxygen atoms in total. The van der Waals surface area contributed by atoms with E-state index < -0.39 is 0 Å². The summed E-state index contributed by atoms with van der Waals surface area (Å²) in [5.41, 5.74) is 6.27. The van der Waals surface area contributed by atoms with Crippen LogP contribution in [-0.2, 0) is 6.42 Å². The van der Waals surface area contributed by atoms with Crippen LogP contribution in [0.1, 0.15) is 35.0 Å². The van der Waals surface area contributed by atoms with Gasteiger partial charge in [0.25, 0.3) is 0 Å². The Hall–Kier alpha value is -1.80. The molecule has 0 N–H and O–H groups in total. The second-order valence-electron chi connectivity index (χ2n) is 5.95. The molecule has 1 aliphatic rings. The standard InChI is InChI=1S/C18H17ClN2/c1-11-3-4-12(2)14(9-11)16-7-8-18-20-15-6-5-13(19)10-17(15)21(16)18/h3-6,9-10,16H,7-8H2,1-2H3. The minimum atomic E-state index is 0.378. The van der Waals surface area contributed by atoms with Gasteiger partial charge in [-0.25, -0.2) is 4.98 Å². The van der Waals surface area contributed by atoms with E-state index in [1.54, 1.807) is 0 Å². The minimum Gasteiger partial charge on any atom is -0.320 e. The van der Waals surface area contributed by atoms with Crippen molar-refractivity contribution in [3.8, 4) is 0 Å². The fourth-order valence-corrected chi connectivity index (χ4v) is 3.61. The summed E-state index contributed by atoms with van der Waals surface area (Å²) >= 11 is 6.19. The quantitative estimate of drug-likeness (QED) is 0.628. The maximum Gasteiger partial charge on any atom is 0.110 e. The fourth-order valence-electron chi connectivity index (χ4n) is 3.45. The third kappa shape index (κ3) is 1.97. The highest BCUT2D eigenvalue weighted by Gasteiger charge is 2.28. The topological polar surface area (TPSA) is 17.8 Å². The molecule has 2 aromatic carbocycles. The summed E-state index contributed by atoms with van der Waals surface area (Å²) in [6.07, 6.45) is 2.15. The molecule has 3 aromatic rings. The van der Waals surface area contributed by atoms with Gasteiger partial charge in [-0.05, 0) is 49.6 Å². The molecule has 1 aromatic heterocycles. The molecule has 1 aliphatic heterocycles. The van der Waals surface area contributed by atoms with E-state index in [0.29, 0.717) is 6.04 Å². The van der Waals surface area contributed by atoms with E-state index in [-0.39, 0.29) is 0 Å². The largest absolute Gasteiger partial charge is 0.320 e. The second kappa shape index (κ2) is 4.60. The Bertz CT molecular complexity index is 848. The van der Waals surface area contributed by atoms with Gasteiger partial charge in [-0.1, -0.05) is 35.4 Å². The molecule has 0 saturated carbocycles. The molecule has 106 valence electrons. The van der Waals surface area contributed by atoms with Crippen molar-refractivity contribution in [3.63, 3.8) is 0 Å². The monoisotopic (exact) mass is 296 g/mol. The first-order valence-electron chi connectivity index (χ1n) is 7.37. The molecule has 0 bridgehead atoms. The molecule has 1 atom stereocenters. The van der Waals surface area contributed by atoms with Crippen molar-refractivity contribution in [1.82, 2.24) is 9.55 Å². The highest BCUT2D eigenvalue weighted by molar-refractivity contribution is 6.31. The zero-order valence-corrected chi connectivity index (χ0v) is 13.0. The molecule has 0 radical (unpaired) electrons. The lowest BCUT2D eigenvalue weighted by Gasteiger charge is -2.18.